The van der Waals surface area contributed by atoms with Crippen molar-refractivity contribution in [1.29, 1.82) is 0 Å². The second kappa shape index (κ2) is 5.35. The number of amides is 1. The van der Waals surface area contributed by atoms with Crippen LogP contribution in [0.25, 0.3) is 0 Å². The average Bonchev–Trinajstić information content (AvgIpc) is 2.05. The monoisotopic (exact) mass is 185 g/mol. The van der Waals surface area contributed by atoms with Gasteiger partial charge in [0.05, 0.1) is 0 Å². The Morgan fingerprint density at radius 1 is 1.62 bits per heavy atom. The first kappa shape index (κ1) is 11.7. The maximum absolute atomic E-state index is 11.2. The third kappa shape index (κ3) is 3.27. The number of carboxylic acids is 1. The molecule has 0 aromatic carbocycles. The number of nitrogens with zero attached hydrogens (tertiary/aromatic N) is 1. The molecule has 1 unspecified atom stereocenters. The summed E-state index contributed by atoms with van der Waals surface area (Å²) in [5.74, 6) is -1.19. The molecule has 4 heteroatoms. The Labute approximate surface area is 77.8 Å². The molecule has 0 saturated carbocycles. The molecule has 0 heterocycles. The molecule has 4 nitrogen and oxygen atoms in total. The molecular weight excluding hydrogens is 170 g/mol. The van der Waals surface area contributed by atoms with Gasteiger partial charge in [-0.1, -0.05) is 13.0 Å². The minimum Gasteiger partial charge on any atom is -0.480 e. The summed E-state index contributed by atoms with van der Waals surface area (Å²) in [7, 11) is 1.49. The van der Waals surface area contributed by atoms with Gasteiger partial charge in [0.15, 0.2) is 0 Å². The Kier molecular flexibility index (Phi) is 4.80. The van der Waals surface area contributed by atoms with Crippen molar-refractivity contribution in [2.24, 2.45) is 0 Å². The van der Waals surface area contributed by atoms with Crippen LogP contribution in [-0.2, 0) is 9.59 Å². The molecule has 0 spiro atoms. The van der Waals surface area contributed by atoms with Gasteiger partial charge in [0.1, 0.15) is 6.04 Å². The fourth-order valence-corrected chi connectivity index (χ4v) is 1.06. The molecule has 1 N–H and O–H groups in total. The summed E-state index contributed by atoms with van der Waals surface area (Å²) in [4.78, 5) is 23.1. The van der Waals surface area contributed by atoms with Crippen molar-refractivity contribution < 1.29 is 14.7 Å². The highest BCUT2D eigenvalue weighted by Crippen LogP contribution is 2.04. The quantitative estimate of drug-likeness (QED) is 0.647. The Bertz CT molecular complexity index is 213. The molecule has 0 aliphatic heterocycles. The first-order valence-electron chi connectivity index (χ1n) is 4.13. The molecule has 0 bridgehead atoms. The SMILES string of the molecule is C=CCC(=O)N(C)C(CC)C(=O)O. The van der Waals surface area contributed by atoms with Gasteiger partial charge in [0.25, 0.3) is 0 Å². The van der Waals surface area contributed by atoms with E-state index in [2.05, 4.69) is 6.58 Å². The van der Waals surface area contributed by atoms with Crippen molar-refractivity contribution in [3.63, 3.8) is 0 Å². The lowest BCUT2D eigenvalue weighted by molar-refractivity contribution is -0.148. The van der Waals surface area contributed by atoms with E-state index in [4.69, 9.17) is 5.11 Å². The van der Waals surface area contributed by atoms with E-state index in [0.717, 1.165) is 0 Å². The topological polar surface area (TPSA) is 57.6 Å². The van der Waals surface area contributed by atoms with Gasteiger partial charge in [-0.05, 0) is 6.42 Å². The van der Waals surface area contributed by atoms with Crippen LogP contribution in [0.15, 0.2) is 12.7 Å². The summed E-state index contributed by atoms with van der Waals surface area (Å²) in [6.45, 7) is 5.15. The van der Waals surface area contributed by atoms with Gasteiger partial charge in [-0.25, -0.2) is 4.79 Å². The fourth-order valence-electron chi connectivity index (χ4n) is 1.06. The normalized spacial score (nSPS) is 11.8. The van der Waals surface area contributed by atoms with Crippen LogP contribution >= 0.6 is 0 Å². The van der Waals surface area contributed by atoms with Gasteiger partial charge in [-0.3, -0.25) is 4.79 Å². The van der Waals surface area contributed by atoms with Gasteiger partial charge in [-0.2, -0.15) is 0 Å². The first-order chi connectivity index (χ1) is 6.04. The second-order valence-corrected chi connectivity index (χ2v) is 2.76. The molecule has 0 rings (SSSR count). The number of hydrogen-bond donors (Lipinski definition) is 1. The Balaban J connectivity index is 4.35. The van der Waals surface area contributed by atoms with Crippen LogP contribution in [0.1, 0.15) is 19.8 Å². The van der Waals surface area contributed by atoms with Crippen molar-refractivity contribution in [3.8, 4) is 0 Å². The van der Waals surface area contributed by atoms with Crippen LogP contribution < -0.4 is 0 Å². The van der Waals surface area contributed by atoms with Crippen molar-refractivity contribution in [2.45, 2.75) is 25.8 Å². The van der Waals surface area contributed by atoms with E-state index in [9.17, 15) is 9.59 Å². The molecule has 1 atom stereocenters. The van der Waals surface area contributed by atoms with Crippen molar-refractivity contribution in [1.82, 2.24) is 4.90 Å². The van der Waals surface area contributed by atoms with Crippen LogP contribution in [0.3, 0.4) is 0 Å². The highest BCUT2D eigenvalue weighted by molar-refractivity contribution is 5.84. The molecule has 13 heavy (non-hydrogen) atoms. The van der Waals surface area contributed by atoms with Crippen LogP contribution in [0.2, 0.25) is 0 Å². The van der Waals surface area contributed by atoms with Crippen LogP contribution in [0, 0.1) is 0 Å². The van der Waals surface area contributed by atoms with Gasteiger partial charge >= 0.3 is 5.97 Å². The number of aliphatic carboxylic acids is 1. The van der Waals surface area contributed by atoms with E-state index in [1.807, 2.05) is 0 Å². The summed E-state index contributed by atoms with van der Waals surface area (Å²) in [6, 6.07) is -0.729. The van der Waals surface area contributed by atoms with E-state index in [0.29, 0.717) is 6.42 Å². The van der Waals surface area contributed by atoms with Crippen molar-refractivity contribution in [3.05, 3.63) is 12.7 Å². The van der Waals surface area contributed by atoms with Gasteiger partial charge in [0.2, 0.25) is 5.91 Å². The molecule has 1 amide bonds. The fraction of sp³-hybridized carbons (Fsp3) is 0.556. The lowest BCUT2D eigenvalue weighted by atomic mass is 10.2. The molecule has 74 valence electrons. The smallest absolute Gasteiger partial charge is 0.326 e. The molecule has 0 aliphatic carbocycles. The predicted octanol–water partition coefficient (Wildman–Crippen LogP) is 0.884. The van der Waals surface area contributed by atoms with E-state index < -0.39 is 12.0 Å². The Hall–Kier alpha value is -1.32. The van der Waals surface area contributed by atoms with Crippen LogP contribution in [0.4, 0.5) is 0 Å². The van der Waals surface area contributed by atoms with Crippen molar-refractivity contribution in [2.75, 3.05) is 7.05 Å². The average molecular weight is 185 g/mol. The molecule has 0 aromatic heterocycles. The maximum Gasteiger partial charge on any atom is 0.326 e. The number of rotatable bonds is 5. The lowest BCUT2D eigenvalue weighted by Gasteiger charge is -2.23. The van der Waals surface area contributed by atoms with Gasteiger partial charge in [0, 0.05) is 13.5 Å². The van der Waals surface area contributed by atoms with Crippen LogP contribution in [0.5, 0.6) is 0 Å². The third-order valence-electron chi connectivity index (χ3n) is 1.85. The molecule has 0 aliphatic rings. The molecule has 0 aromatic rings. The van der Waals surface area contributed by atoms with Gasteiger partial charge in [-0.15, -0.1) is 6.58 Å². The predicted molar refractivity (Wildman–Crippen MR) is 49.3 cm³/mol. The highest BCUT2D eigenvalue weighted by Gasteiger charge is 2.23. The summed E-state index contributed by atoms with van der Waals surface area (Å²) in [5.41, 5.74) is 0. The highest BCUT2D eigenvalue weighted by atomic mass is 16.4. The number of carbonyl (C=O) groups is 2. The van der Waals surface area contributed by atoms with E-state index in [1.54, 1.807) is 6.92 Å². The van der Waals surface area contributed by atoms with E-state index in [-0.39, 0.29) is 12.3 Å². The number of carbonyl (C=O) groups excluding carboxylic acids is 1. The third-order valence-corrected chi connectivity index (χ3v) is 1.85. The summed E-state index contributed by atoms with van der Waals surface area (Å²) < 4.78 is 0. The number of hydrogen-bond acceptors (Lipinski definition) is 2. The summed E-state index contributed by atoms with van der Waals surface area (Å²) in [5, 5.41) is 8.74. The van der Waals surface area contributed by atoms with E-state index in [1.165, 1.54) is 18.0 Å². The minimum absolute atomic E-state index is 0.181. The number of carboxylic acid groups (broad SMARTS) is 1. The molecule has 0 fully saturated rings. The number of likely N-dealkylation sites (N-methyl/N-ethyl adjacent to an activating group) is 1. The molecular formula is C9H15NO3. The lowest BCUT2D eigenvalue weighted by Crippen LogP contribution is -2.41. The second-order valence-electron chi connectivity index (χ2n) is 2.76. The Morgan fingerprint density at radius 2 is 2.15 bits per heavy atom. The zero-order valence-corrected chi connectivity index (χ0v) is 7.99. The standard InChI is InChI=1S/C9H15NO3/c1-4-6-8(11)10(3)7(5-2)9(12)13/h4,7H,1,5-6H2,2-3H3,(H,12,13). The zero-order chi connectivity index (χ0) is 10.4. The largest absolute Gasteiger partial charge is 0.480 e. The summed E-state index contributed by atoms with van der Waals surface area (Å²) in [6.07, 6.45) is 2.06. The minimum atomic E-state index is -0.970. The summed E-state index contributed by atoms with van der Waals surface area (Å²) >= 11 is 0. The first-order valence-corrected chi connectivity index (χ1v) is 4.13. The molecule has 0 saturated heterocycles. The van der Waals surface area contributed by atoms with Gasteiger partial charge < -0.3 is 10.0 Å². The molecule has 0 radical (unpaired) electrons. The zero-order valence-electron chi connectivity index (χ0n) is 7.99. The maximum atomic E-state index is 11.2. The Morgan fingerprint density at radius 3 is 2.46 bits per heavy atom. The van der Waals surface area contributed by atoms with Crippen molar-refractivity contribution >= 4 is 11.9 Å². The van der Waals surface area contributed by atoms with Crippen LogP contribution in [-0.4, -0.2) is 35.0 Å². The van der Waals surface area contributed by atoms with E-state index >= 15 is 0 Å².